The van der Waals surface area contributed by atoms with Gasteiger partial charge in [0.25, 0.3) is 0 Å². The standard InChI is InChI=1S/C9H5N4OS/c1-3-14-8(10-1)6-7(13-5-12-6)9-11-2-4-15-9/h1-4H,(H,12,13). The molecule has 0 aliphatic heterocycles. The first-order valence-corrected chi connectivity index (χ1v) is 5.09. The molecule has 0 amide bonds. The molecule has 73 valence electrons. The lowest BCUT2D eigenvalue weighted by atomic mass is 10.3. The van der Waals surface area contributed by atoms with E-state index in [9.17, 15) is 0 Å². The molecule has 0 aromatic carbocycles. The highest BCUT2D eigenvalue weighted by molar-refractivity contribution is 7.13. The molecule has 0 saturated carbocycles. The molecule has 0 atom stereocenters. The fraction of sp³-hybridized carbons (Fsp3) is 0. The molecule has 0 aliphatic carbocycles. The Balaban J connectivity index is 2.15. The largest absolute Gasteiger partial charge is 0.443 e. The predicted octanol–water partition coefficient (Wildman–Crippen LogP) is 1.99. The van der Waals surface area contributed by atoms with Gasteiger partial charge in [-0.2, -0.15) is 0 Å². The van der Waals surface area contributed by atoms with Crippen LogP contribution in [-0.4, -0.2) is 19.9 Å². The normalized spacial score (nSPS) is 10.7. The molecular formula is C9H5N4OS. The first-order valence-electron chi connectivity index (χ1n) is 4.21. The minimum absolute atomic E-state index is 0.470. The van der Waals surface area contributed by atoms with E-state index in [1.165, 1.54) is 17.6 Å². The van der Waals surface area contributed by atoms with E-state index < -0.39 is 0 Å². The van der Waals surface area contributed by atoms with Gasteiger partial charge in [-0.15, -0.1) is 11.3 Å². The molecule has 3 aromatic rings. The van der Waals surface area contributed by atoms with Crippen molar-refractivity contribution in [1.29, 1.82) is 0 Å². The Morgan fingerprint density at radius 3 is 3.07 bits per heavy atom. The van der Waals surface area contributed by atoms with Gasteiger partial charge in [0, 0.05) is 11.6 Å². The zero-order chi connectivity index (χ0) is 10.1. The minimum atomic E-state index is 0.470. The Morgan fingerprint density at radius 2 is 2.33 bits per heavy atom. The van der Waals surface area contributed by atoms with Crippen LogP contribution in [0.15, 0.2) is 28.5 Å². The van der Waals surface area contributed by atoms with Crippen molar-refractivity contribution in [2.24, 2.45) is 0 Å². The van der Waals surface area contributed by atoms with Crippen molar-refractivity contribution >= 4 is 11.3 Å². The van der Waals surface area contributed by atoms with Gasteiger partial charge in [0.1, 0.15) is 17.0 Å². The lowest BCUT2D eigenvalue weighted by Gasteiger charge is -1.93. The Bertz CT molecular complexity index is 492. The predicted molar refractivity (Wildman–Crippen MR) is 54.0 cm³/mol. The molecule has 1 N–H and O–H groups in total. The van der Waals surface area contributed by atoms with Gasteiger partial charge in [-0.3, -0.25) is 0 Å². The van der Waals surface area contributed by atoms with Crippen LogP contribution in [0.1, 0.15) is 0 Å². The average molecular weight is 217 g/mol. The van der Waals surface area contributed by atoms with Crippen molar-refractivity contribution in [2.75, 3.05) is 0 Å². The molecular weight excluding hydrogens is 212 g/mol. The highest BCUT2D eigenvalue weighted by Crippen LogP contribution is 2.28. The number of rotatable bonds is 2. The number of nitrogens with one attached hydrogen (secondary N) is 1. The number of H-pyrrole nitrogens is 1. The van der Waals surface area contributed by atoms with Gasteiger partial charge in [-0.05, 0) is 0 Å². The van der Waals surface area contributed by atoms with E-state index in [0.29, 0.717) is 11.6 Å². The molecule has 0 spiro atoms. The zero-order valence-electron chi connectivity index (χ0n) is 7.47. The maximum atomic E-state index is 5.18. The van der Waals surface area contributed by atoms with Crippen molar-refractivity contribution in [3.05, 3.63) is 30.4 Å². The molecule has 5 nitrogen and oxygen atoms in total. The maximum Gasteiger partial charge on any atom is 0.247 e. The molecule has 0 fully saturated rings. The zero-order valence-corrected chi connectivity index (χ0v) is 8.28. The Kier molecular flexibility index (Phi) is 1.85. The van der Waals surface area contributed by atoms with Crippen LogP contribution < -0.4 is 0 Å². The van der Waals surface area contributed by atoms with E-state index in [0.717, 1.165) is 10.7 Å². The molecule has 15 heavy (non-hydrogen) atoms. The monoisotopic (exact) mass is 217 g/mol. The molecule has 6 heteroatoms. The summed E-state index contributed by atoms with van der Waals surface area (Å²) < 4.78 is 5.18. The number of aromatic nitrogens is 4. The number of thiazole rings is 1. The number of imidazole rings is 1. The van der Waals surface area contributed by atoms with Gasteiger partial charge < -0.3 is 9.40 Å². The van der Waals surface area contributed by atoms with Crippen LogP contribution in [0, 0.1) is 6.33 Å². The summed E-state index contributed by atoms with van der Waals surface area (Å²) >= 11 is 1.52. The quantitative estimate of drug-likeness (QED) is 0.712. The number of hydrogen-bond acceptors (Lipinski definition) is 5. The molecule has 0 bridgehead atoms. The van der Waals surface area contributed by atoms with Crippen LogP contribution in [0.25, 0.3) is 22.3 Å². The summed E-state index contributed by atoms with van der Waals surface area (Å²) in [6, 6.07) is 0. The fourth-order valence-electron chi connectivity index (χ4n) is 1.25. The Hall–Kier alpha value is -1.95. The molecule has 3 heterocycles. The fourth-order valence-corrected chi connectivity index (χ4v) is 1.89. The molecule has 3 rings (SSSR count). The molecule has 3 aromatic heterocycles. The van der Waals surface area contributed by atoms with Crippen LogP contribution in [-0.2, 0) is 0 Å². The van der Waals surface area contributed by atoms with Crippen molar-refractivity contribution in [3.63, 3.8) is 0 Å². The van der Waals surface area contributed by atoms with Gasteiger partial charge in [-0.25, -0.2) is 15.0 Å². The van der Waals surface area contributed by atoms with Gasteiger partial charge in [0.05, 0.1) is 6.20 Å². The minimum Gasteiger partial charge on any atom is -0.443 e. The Morgan fingerprint density at radius 1 is 1.33 bits per heavy atom. The van der Waals surface area contributed by atoms with Crippen molar-refractivity contribution in [1.82, 2.24) is 19.9 Å². The van der Waals surface area contributed by atoms with E-state index >= 15 is 0 Å². The molecule has 0 aliphatic rings. The van der Waals surface area contributed by atoms with E-state index in [1.54, 1.807) is 12.4 Å². The lowest BCUT2D eigenvalue weighted by Crippen LogP contribution is -1.82. The van der Waals surface area contributed by atoms with E-state index in [2.05, 4.69) is 26.3 Å². The van der Waals surface area contributed by atoms with Gasteiger partial charge in [0.2, 0.25) is 5.89 Å². The van der Waals surface area contributed by atoms with Crippen molar-refractivity contribution < 1.29 is 4.42 Å². The van der Waals surface area contributed by atoms with E-state index in [1.807, 2.05) is 5.38 Å². The number of aromatic amines is 1. The van der Waals surface area contributed by atoms with Crippen molar-refractivity contribution in [3.8, 4) is 22.3 Å². The summed E-state index contributed by atoms with van der Waals surface area (Å²) in [6.45, 7) is 0. The maximum absolute atomic E-state index is 5.18. The second kappa shape index (κ2) is 3.32. The first kappa shape index (κ1) is 8.37. The first-order chi connectivity index (χ1) is 7.45. The summed E-state index contributed by atoms with van der Waals surface area (Å²) in [4.78, 5) is 15.2. The SMILES string of the molecule is [c]1nc(-c2ncco2)c(-c2nccs2)[nH]1. The van der Waals surface area contributed by atoms with Crippen LogP contribution in [0.2, 0.25) is 0 Å². The van der Waals surface area contributed by atoms with Crippen LogP contribution in [0.3, 0.4) is 0 Å². The average Bonchev–Trinajstić information content (AvgIpc) is 3.01. The van der Waals surface area contributed by atoms with Gasteiger partial charge >= 0.3 is 0 Å². The number of nitrogens with zero attached hydrogens (tertiary/aromatic N) is 3. The smallest absolute Gasteiger partial charge is 0.247 e. The molecule has 1 radical (unpaired) electrons. The summed E-state index contributed by atoms with van der Waals surface area (Å²) in [5.41, 5.74) is 1.42. The van der Waals surface area contributed by atoms with Crippen LogP contribution >= 0.6 is 11.3 Å². The lowest BCUT2D eigenvalue weighted by molar-refractivity contribution is 0.572. The topological polar surface area (TPSA) is 67.6 Å². The summed E-state index contributed by atoms with van der Waals surface area (Å²) in [7, 11) is 0. The highest BCUT2D eigenvalue weighted by atomic mass is 32.1. The Labute approximate surface area is 88.8 Å². The summed E-state index contributed by atoms with van der Waals surface area (Å²) in [5.74, 6) is 0.470. The molecule has 0 unspecified atom stereocenters. The van der Waals surface area contributed by atoms with Crippen LogP contribution in [0.5, 0.6) is 0 Å². The summed E-state index contributed by atoms with van der Waals surface area (Å²) in [6.07, 6.45) is 7.49. The summed E-state index contributed by atoms with van der Waals surface area (Å²) in [5, 5.41) is 2.74. The van der Waals surface area contributed by atoms with Gasteiger partial charge in [0.15, 0.2) is 12.0 Å². The third-order valence-corrected chi connectivity index (χ3v) is 2.66. The highest BCUT2D eigenvalue weighted by Gasteiger charge is 2.15. The second-order valence-electron chi connectivity index (χ2n) is 2.75. The van der Waals surface area contributed by atoms with Crippen LogP contribution in [0.4, 0.5) is 0 Å². The third kappa shape index (κ3) is 1.35. The van der Waals surface area contributed by atoms with Gasteiger partial charge in [-0.1, -0.05) is 0 Å². The second-order valence-corrected chi connectivity index (χ2v) is 3.64. The van der Waals surface area contributed by atoms with E-state index in [-0.39, 0.29) is 0 Å². The third-order valence-electron chi connectivity index (χ3n) is 1.87. The van der Waals surface area contributed by atoms with Crippen molar-refractivity contribution in [2.45, 2.75) is 0 Å². The van der Waals surface area contributed by atoms with E-state index in [4.69, 9.17) is 4.42 Å². The number of oxazole rings is 1. The molecule has 0 saturated heterocycles. The number of hydrogen-bond donors (Lipinski definition) is 1.